The van der Waals surface area contributed by atoms with E-state index in [1.807, 2.05) is 0 Å². The van der Waals surface area contributed by atoms with E-state index in [1.54, 1.807) is 54.7 Å². The number of aliphatic carboxylic acids is 1. The topological polar surface area (TPSA) is 118 Å². The van der Waals surface area contributed by atoms with Crippen molar-refractivity contribution in [2.45, 2.75) is 18.9 Å². The van der Waals surface area contributed by atoms with Gasteiger partial charge in [0.05, 0.1) is 6.42 Å². The number of pyridine rings is 1. The van der Waals surface area contributed by atoms with Gasteiger partial charge in [-0.3, -0.25) is 23.7 Å². The molecule has 3 N–H and O–H groups in total. The van der Waals surface area contributed by atoms with E-state index in [2.05, 4.69) is 10.6 Å². The maximum atomic E-state index is 12.6. The Labute approximate surface area is 188 Å². The summed E-state index contributed by atoms with van der Waals surface area (Å²) in [6, 6.07) is 16.6. The number of hydrogen-bond donors (Lipinski definition) is 3. The molecule has 2 amide bonds. The van der Waals surface area contributed by atoms with E-state index in [4.69, 9.17) is 16.7 Å². The molecule has 1 atom stereocenters. The van der Waals surface area contributed by atoms with Gasteiger partial charge in [0.15, 0.2) is 0 Å². The zero-order valence-corrected chi connectivity index (χ0v) is 17.6. The van der Waals surface area contributed by atoms with Gasteiger partial charge in [0.25, 0.3) is 11.5 Å². The highest BCUT2D eigenvalue weighted by Gasteiger charge is 2.20. The number of carboxylic acids is 1. The summed E-state index contributed by atoms with van der Waals surface area (Å²) in [5, 5.41) is 14.9. The molecule has 0 radical (unpaired) electrons. The Balaban J connectivity index is 1.66. The molecule has 0 aliphatic carbocycles. The Morgan fingerprint density at radius 1 is 0.938 bits per heavy atom. The lowest BCUT2D eigenvalue weighted by Gasteiger charge is -2.17. The first-order valence-electron chi connectivity index (χ1n) is 9.68. The van der Waals surface area contributed by atoms with Gasteiger partial charge in [0.2, 0.25) is 5.91 Å². The number of carbonyl (C=O) groups is 3. The normalized spacial score (nSPS) is 11.4. The zero-order chi connectivity index (χ0) is 23.1. The smallest absolute Gasteiger partial charge is 0.305 e. The number of nitrogens with one attached hydrogen (secondary N) is 2. The first-order chi connectivity index (χ1) is 15.3. The fourth-order valence-corrected chi connectivity index (χ4v) is 3.16. The third-order valence-electron chi connectivity index (χ3n) is 4.55. The predicted molar refractivity (Wildman–Crippen MR) is 120 cm³/mol. The molecule has 1 heterocycles. The van der Waals surface area contributed by atoms with Gasteiger partial charge in [-0.2, -0.15) is 0 Å². The fraction of sp³-hybridized carbons (Fsp3) is 0.130. The average molecular weight is 454 g/mol. The molecular weight excluding hydrogens is 434 g/mol. The second-order valence-corrected chi connectivity index (χ2v) is 7.42. The number of carboxylic acid groups (broad SMARTS) is 1. The molecule has 0 aliphatic rings. The van der Waals surface area contributed by atoms with Crippen molar-refractivity contribution < 1.29 is 19.5 Å². The van der Waals surface area contributed by atoms with Crippen molar-refractivity contribution in [3.8, 4) is 5.69 Å². The molecule has 8 nitrogen and oxygen atoms in total. The van der Waals surface area contributed by atoms with E-state index in [-0.39, 0.29) is 17.5 Å². The SMILES string of the molecule is O=C(O)CC(CC(=O)Nc1ccc(Cl)cc1)NC(=O)c1ccc(-n2ccccc2=O)cc1. The molecule has 0 fully saturated rings. The molecule has 1 aromatic heterocycles. The van der Waals surface area contributed by atoms with Gasteiger partial charge in [-0.15, -0.1) is 0 Å². The lowest BCUT2D eigenvalue weighted by Crippen LogP contribution is -2.39. The van der Waals surface area contributed by atoms with Crippen LogP contribution in [0.2, 0.25) is 5.02 Å². The van der Waals surface area contributed by atoms with Gasteiger partial charge in [0, 0.05) is 46.7 Å². The summed E-state index contributed by atoms with van der Waals surface area (Å²) in [6.07, 6.45) is 0.967. The summed E-state index contributed by atoms with van der Waals surface area (Å²) in [5.41, 5.74) is 1.15. The molecule has 0 saturated heterocycles. The molecular formula is C23H20ClN3O5. The maximum absolute atomic E-state index is 12.6. The standard InChI is InChI=1S/C23H20ClN3O5/c24-16-6-8-17(9-7-16)25-20(28)13-18(14-22(30)31)26-23(32)15-4-10-19(11-5-15)27-12-2-1-3-21(27)29/h1-12,18H,13-14H2,(H,25,28)(H,26,32)(H,30,31). The third kappa shape index (κ3) is 6.29. The maximum Gasteiger partial charge on any atom is 0.305 e. The summed E-state index contributed by atoms with van der Waals surface area (Å²) in [5.74, 6) is -2.12. The van der Waals surface area contributed by atoms with Crippen LogP contribution in [-0.2, 0) is 9.59 Å². The van der Waals surface area contributed by atoms with Crippen LogP contribution >= 0.6 is 11.6 Å². The number of anilines is 1. The Hall–Kier alpha value is -3.91. The van der Waals surface area contributed by atoms with Gasteiger partial charge in [0.1, 0.15) is 0 Å². The van der Waals surface area contributed by atoms with E-state index < -0.39 is 30.2 Å². The van der Waals surface area contributed by atoms with Crippen LogP contribution in [0.5, 0.6) is 0 Å². The summed E-state index contributed by atoms with van der Waals surface area (Å²) in [4.78, 5) is 48.1. The van der Waals surface area contributed by atoms with Crippen molar-refractivity contribution in [2.24, 2.45) is 0 Å². The summed E-state index contributed by atoms with van der Waals surface area (Å²) < 4.78 is 1.43. The van der Waals surface area contributed by atoms with Crippen LogP contribution in [0.15, 0.2) is 77.7 Å². The number of rotatable bonds is 8. The monoisotopic (exact) mass is 453 g/mol. The van der Waals surface area contributed by atoms with Crippen LogP contribution in [0.3, 0.4) is 0 Å². The number of amides is 2. The van der Waals surface area contributed by atoms with Crippen molar-refractivity contribution in [3.63, 3.8) is 0 Å². The molecule has 3 rings (SSSR count). The molecule has 164 valence electrons. The Bertz CT molecular complexity index is 1170. The van der Waals surface area contributed by atoms with Gasteiger partial charge < -0.3 is 15.7 Å². The van der Waals surface area contributed by atoms with Crippen LogP contribution in [0.25, 0.3) is 5.69 Å². The number of benzene rings is 2. The van der Waals surface area contributed by atoms with Gasteiger partial charge in [-0.1, -0.05) is 17.7 Å². The molecule has 0 bridgehead atoms. The van der Waals surface area contributed by atoms with Gasteiger partial charge in [-0.25, -0.2) is 0 Å². The van der Waals surface area contributed by atoms with Crippen LogP contribution in [-0.4, -0.2) is 33.5 Å². The third-order valence-corrected chi connectivity index (χ3v) is 4.80. The number of carbonyl (C=O) groups excluding carboxylic acids is 2. The second kappa shape index (κ2) is 10.4. The Kier molecular flexibility index (Phi) is 7.41. The zero-order valence-electron chi connectivity index (χ0n) is 16.8. The van der Waals surface area contributed by atoms with Gasteiger partial charge in [-0.05, 0) is 54.6 Å². The second-order valence-electron chi connectivity index (χ2n) is 6.98. The lowest BCUT2D eigenvalue weighted by atomic mass is 10.1. The summed E-state index contributed by atoms with van der Waals surface area (Å²) in [6.45, 7) is 0. The Morgan fingerprint density at radius 3 is 2.25 bits per heavy atom. The van der Waals surface area contributed by atoms with Crippen molar-refractivity contribution >= 4 is 35.1 Å². The predicted octanol–water partition coefficient (Wildman–Crippen LogP) is 3.09. The number of hydrogen-bond acceptors (Lipinski definition) is 4. The van der Waals surface area contributed by atoms with Crippen LogP contribution in [0.4, 0.5) is 5.69 Å². The highest BCUT2D eigenvalue weighted by Crippen LogP contribution is 2.14. The number of halogens is 1. The van der Waals surface area contributed by atoms with E-state index in [1.165, 1.54) is 22.8 Å². The van der Waals surface area contributed by atoms with E-state index in [0.29, 0.717) is 16.4 Å². The minimum absolute atomic E-state index is 0.210. The van der Waals surface area contributed by atoms with E-state index in [9.17, 15) is 19.2 Å². The van der Waals surface area contributed by atoms with Crippen molar-refractivity contribution in [1.29, 1.82) is 0 Å². The fourth-order valence-electron chi connectivity index (χ4n) is 3.04. The summed E-state index contributed by atoms with van der Waals surface area (Å²) in [7, 11) is 0. The molecule has 9 heteroatoms. The highest BCUT2D eigenvalue weighted by molar-refractivity contribution is 6.30. The van der Waals surface area contributed by atoms with Crippen LogP contribution < -0.4 is 16.2 Å². The quantitative estimate of drug-likeness (QED) is 0.484. The molecule has 0 saturated carbocycles. The van der Waals surface area contributed by atoms with Crippen molar-refractivity contribution in [2.75, 3.05) is 5.32 Å². The minimum Gasteiger partial charge on any atom is -0.481 e. The molecule has 3 aromatic rings. The molecule has 0 aliphatic heterocycles. The average Bonchev–Trinajstić information content (AvgIpc) is 2.75. The first kappa shape index (κ1) is 22.8. The Morgan fingerprint density at radius 2 is 1.62 bits per heavy atom. The molecule has 0 spiro atoms. The van der Waals surface area contributed by atoms with Crippen molar-refractivity contribution in [1.82, 2.24) is 9.88 Å². The lowest BCUT2D eigenvalue weighted by molar-refractivity contribution is -0.137. The minimum atomic E-state index is -1.15. The van der Waals surface area contributed by atoms with E-state index >= 15 is 0 Å². The molecule has 1 unspecified atom stereocenters. The summed E-state index contributed by atoms with van der Waals surface area (Å²) >= 11 is 5.82. The number of nitrogens with zero attached hydrogens (tertiary/aromatic N) is 1. The van der Waals surface area contributed by atoms with Crippen LogP contribution in [0, 0.1) is 0 Å². The largest absolute Gasteiger partial charge is 0.481 e. The van der Waals surface area contributed by atoms with Gasteiger partial charge >= 0.3 is 5.97 Å². The number of aromatic nitrogens is 1. The van der Waals surface area contributed by atoms with Crippen molar-refractivity contribution in [3.05, 3.63) is 93.9 Å². The van der Waals surface area contributed by atoms with E-state index in [0.717, 1.165) is 0 Å². The molecule has 2 aromatic carbocycles. The van der Waals surface area contributed by atoms with Crippen LogP contribution in [0.1, 0.15) is 23.2 Å². The molecule has 32 heavy (non-hydrogen) atoms. The first-order valence-corrected chi connectivity index (χ1v) is 10.1. The highest BCUT2D eigenvalue weighted by atomic mass is 35.5.